The van der Waals surface area contributed by atoms with Gasteiger partial charge in [-0.15, -0.1) is 0 Å². The van der Waals surface area contributed by atoms with Gasteiger partial charge in [-0.25, -0.2) is 8.42 Å². The number of nitrogens with one attached hydrogen (secondary N) is 1. The summed E-state index contributed by atoms with van der Waals surface area (Å²) in [6, 6.07) is 7.20. The predicted molar refractivity (Wildman–Crippen MR) is 83.4 cm³/mol. The number of sulfonamides is 1. The van der Waals surface area contributed by atoms with E-state index in [1.54, 1.807) is 12.1 Å². The molecular formula is C16H20N2O3S. The summed E-state index contributed by atoms with van der Waals surface area (Å²) < 4.78 is 32.7. The van der Waals surface area contributed by atoms with Gasteiger partial charge < -0.3 is 4.74 Å². The van der Waals surface area contributed by atoms with Gasteiger partial charge in [0.2, 0.25) is 0 Å². The maximum absolute atomic E-state index is 12.1. The first-order valence-corrected chi connectivity index (χ1v) is 9.37. The van der Waals surface area contributed by atoms with Crippen LogP contribution in [0.5, 0.6) is 0 Å². The number of aliphatic imine (C=N–C) groups is 1. The average molecular weight is 320 g/mol. The van der Waals surface area contributed by atoms with E-state index >= 15 is 0 Å². The minimum absolute atomic E-state index is 0.145. The zero-order chi connectivity index (χ0) is 15.4. The van der Waals surface area contributed by atoms with Crippen LogP contribution >= 0.6 is 0 Å². The average Bonchev–Trinajstić information content (AvgIpc) is 2.68. The van der Waals surface area contributed by atoms with Gasteiger partial charge >= 0.3 is 0 Å². The Morgan fingerprint density at radius 1 is 1.36 bits per heavy atom. The number of fused-ring (bicyclic) bond motifs is 1. The molecule has 3 aliphatic rings. The van der Waals surface area contributed by atoms with E-state index in [0.717, 1.165) is 25.9 Å². The molecule has 22 heavy (non-hydrogen) atoms. The van der Waals surface area contributed by atoms with Crippen molar-refractivity contribution in [1.82, 2.24) is 4.72 Å². The molecule has 1 aromatic rings. The number of hydrogen-bond acceptors (Lipinski definition) is 4. The molecule has 6 heteroatoms. The summed E-state index contributed by atoms with van der Waals surface area (Å²) in [7, 11) is -3.45. The lowest BCUT2D eigenvalue weighted by Crippen LogP contribution is -2.61. The number of hydrogen-bond donors (Lipinski definition) is 1. The molecule has 1 aromatic carbocycles. The molecule has 2 aliphatic carbocycles. The van der Waals surface area contributed by atoms with Gasteiger partial charge in [0.05, 0.1) is 17.0 Å². The molecule has 0 radical (unpaired) electrons. The molecular weight excluding hydrogens is 300 g/mol. The molecule has 1 spiro atoms. The second kappa shape index (κ2) is 4.80. The van der Waals surface area contributed by atoms with E-state index < -0.39 is 10.0 Å². The lowest BCUT2D eigenvalue weighted by atomic mass is 9.51. The van der Waals surface area contributed by atoms with Crippen LogP contribution in [-0.2, 0) is 14.8 Å². The van der Waals surface area contributed by atoms with Crippen LogP contribution in [0.15, 0.2) is 34.2 Å². The first-order chi connectivity index (χ1) is 10.6. The Morgan fingerprint density at radius 2 is 2.14 bits per heavy atom. The van der Waals surface area contributed by atoms with Gasteiger partial charge in [0, 0.05) is 17.6 Å². The number of benzene rings is 1. The minimum atomic E-state index is -3.45. The molecule has 2 fully saturated rings. The fourth-order valence-electron chi connectivity index (χ4n) is 3.97. The highest BCUT2D eigenvalue weighted by Crippen LogP contribution is 2.58. The molecule has 4 rings (SSSR count). The Morgan fingerprint density at radius 3 is 2.82 bits per heavy atom. The number of rotatable bonds is 3. The quantitative estimate of drug-likeness (QED) is 0.927. The fourth-order valence-corrected chi connectivity index (χ4v) is 5.21. The second-order valence-corrected chi connectivity index (χ2v) is 8.01. The molecule has 0 amide bonds. The molecule has 0 bridgehead atoms. The third-order valence-corrected chi connectivity index (χ3v) is 6.74. The first kappa shape index (κ1) is 14.2. The third-order valence-electron chi connectivity index (χ3n) is 5.34. The zero-order valence-electron chi connectivity index (χ0n) is 12.6. The van der Waals surface area contributed by atoms with Gasteiger partial charge in [-0.2, -0.15) is 0 Å². The topological polar surface area (TPSA) is 67.8 Å². The lowest BCUT2D eigenvalue weighted by molar-refractivity contribution is -0.162. The Bertz CT molecular complexity index is 738. The Balaban J connectivity index is 1.65. The van der Waals surface area contributed by atoms with Crippen molar-refractivity contribution < 1.29 is 13.2 Å². The summed E-state index contributed by atoms with van der Waals surface area (Å²) in [6.45, 7) is 2.75. The predicted octanol–water partition coefficient (Wildman–Crippen LogP) is 2.07. The third kappa shape index (κ3) is 1.86. The molecule has 5 nitrogen and oxygen atoms in total. The van der Waals surface area contributed by atoms with Crippen LogP contribution in [0.3, 0.4) is 0 Å². The zero-order valence-corrected chi connectivity index (χ0v) is 13.4. The van der Waals surface area contributed by atoms with Crippen molar-refractivity contribution in [3.05, 3.63) is 29.8 Å². The van der Waals surface area contributed by atoms with Crippen molar-refractivity contribution in [2.75, 3.05) is 6.61 Å². The van der Waals surface area contributed by atoms with Crippen LogP contribution < -0.4 is 4.72 Å². The Hall–Kier alpha value is -1.40. The maximum atomic E-state index is 12.1. The SMILES string of the molecule is CCOC1CC(N=C2NS(=O)(=O)c3ccccc32)C12CCC2. The van der Waals surface area contributed by atoms with Gasteiger partial charge in [-0.1, -0.05) is 18.6 Å². The molecule has 1 heterocycles. The Kier molecular flexibility index (Phi) is 3.10. The van der Waals surface area contributed by atoms with E-state index in [-0.39, 0.29) is 17.6 Å². The monoisotopic (exact) mass is 320 g/mol. The van der Waals surface area contributed by atoms with E-state index in [1.807, 2.05) is 19.1 Å². The first-order valence-electron chi connectivity index (χ1n) is 7.88. The van der Waals surface area contributed by atoms with Crippen molar-refractivity contribution >= 4 is 15.9 Å². The van der Waals surface area contributed by atoms with E-state index in [1.165, 1.54) is 6.42 Å². The van der Waals surface area contributed by atoms with Crippen LogP contribution in [0.2, 0.25) is 0 Å². The highest BCUT2D eigenvalue weighted by molar-refractivity contribution is 7.90. The van der Waals surface area contributed by atoms with Crippen molar-refractivity contribution in [3.63, 3.8) is 0 Å². The van der Waals surface area contributed by atoms with Gasteiger partial charge in [-0.3, -0.25) is 9.71 Å². The van der Waals surface area contributed by atoms with Crippen molar-refractivity contribution in [1.29, 1.82) is 0 Å². The van der Waals surface area contributed by atoms with Crippen LogP contribution in [0.4, 0.5) is 0 Å². The number of nitrogens with zero attached hydrogens (tertiary/aromatic N) is 1. The van der Waals surface area contributed by atoms with Crippen molar-refractivity contribution in [2.24, 2.45) is 10.4 Å². The van der Waals surface area contributed by atoms with Gasteiger partial charge in [-0.05, 0) is 38.3 Å². The minimum Gasteiger partial charge on any atom is -0.378 e. The summed E-state index contributed by atoms with van der Waals surface area (Å²) >= 11 is 0. The van der Waals surface area contributed by atoms with E-state index in [2.05, 4.69) is 4.72 Å². The van der Waals surface area contributed by atoms with Crippen LogP contribution in [0.1, 0.15) is 38.2 Å². The highest BCUT2D eigenvalue weighted by Gasteiger charge is 2.59. The van der Waals surface area contributed by atoms with Gasteiger partial charge in [0.25, 0.3) is 10.0 Å². The van der Waals surface area contributed by atoms with Gasteiger partial charge in [0.15, 0.2) is 0 Å². The van der Waals surface area contributed by atoms with Crippen molar-refractivity contribution in [3.8, 4) is 0 Å². The summed E-state index contributed by atoms with van der Waals surface area (Å²) in [6.07, 6.45) is 4.66. The molecule has 2 saturated carbocycles. The normalized spacial score (nSPS) is 32.1. The molecule has 1 aliphatic heterocycles. The molecule has 118 valence electrons. The summed E-state index contributed by atoms with van der Waals surface area (Å²) in [5, 5.41) is 0. The summed E-state index contributed by atoms with van der Waals surface area (Å²) in [5.74, 6) is 0.502. The molecule has 2 atom stereocenters. The Labute approximate surface area is 130 Å². The van der Waals surface area contributed by atoms with Crippen LogP contribution in [-0.4, -0.2) is 33.0 Å². The van der Waals surface area contributed by atoms with Crippen LogP contribution in [0.25, 0.3) is 0 Å². The molecule has 0 aromatic heterocycles. The lowest BCUT2D eigenvalue weighted by Gasteiger charge is -2.59. The fraction of sp³-hybridized carbons (Fsp3) is 0.562. The second-order valence-electron chi connectivity index (χ2n) is 6.36. The van der Waals surface area contributed by atoms with Gasteiger partial charge in [0.1, 0.15) is 5.84 Å². The summed E-state index contributed by atoms with van der Waals surface area (Å²) in [5.41, 5.74) is 0.836. The molecule has 0 saturated heterocycles. The van der Waals surface area contributed by atoms with E-state index in [0.29, 0.717) is 16.3 Å². The van der Waals surface area contributed by atoms with Crippen molar-refractivity contribution in [2.45, 2.75) is 49.6 Å². The standard InChI is InChI=1S/C16H20N2O3S/c1-2-21-14-10-13(16(14)8-5-9-16)17-15-11-6-3-4-7-12(11)22(19,20)18-15/h3-4,6-7,13-14H,2,5,8-10H2,1H3,(H,17,18). The number of amidine groups is 1. The van der Waals surface area contributed by atoms with E-state index in [4.69, 9.17) is 9.73 Å². The van der Waals surface area contributed by atoms with Crippen LogP contribution in [0, 0.1) is 5.41 Å². The highest BCUT2D eigenvalue weighted by atomic mass is 32.2. The maximum Gasteiger partial charge on any atom is 0.263 e. The number of ether oxygens (including phenoxy) is 1. The summed E-state index contributed by atoms with van der Waals surface area (Å²) in [4.78, 5) is 5.10. The molecule has 2 unspecified atom stereocenters. The smallest absolute Gasteiger partial charge is 0.263 e. The largest absolute Gasteiger partial charge is 0.378 e. The molecule has 1 N–H and O–H groups in total. The van der Waals surface area contributed by atoms with E-state index in [9.17, 15) is 8.42 Å².